The molecule has 0 N–H and O–H groups in total. The zero-order valence-electron chi connectivity index (χ0n) is 10.2. The van der Waals surface area contributed by atoms with E-state index in [4.69, 9.17) is 0 Å². The van der Waals surface area contributed by atoms with E-state index in [1.54, 1.807) is 12.1 Å². The molecule has 0 amide bonds. The fourth-order valence-corrected chi connectivity index (χ4v) is 2.03. The normalized spacial score (nSPS) is 11.1. The Morgan fingerprint density at radius 2 is 1.78 bits per heavy atom. The van der Waals surface area contributed by atoms with E-state index in [1.807, 2.05) is 30.5 Å². The van der Waals surface area contributed by atoms with Crippen LogP contribution in [0.1, 0.15) is 11.4 Å². The molecule has 2 heterocycles. The van der Waals surface area contributed by atoms with Crippen molar-refractivity contribution in [3.05, 3.63) is 53.7 Å². The van der Waals surface area contributed by atoms with Crippen LogP contribution in [-0.2, 0) is 0 Å². The average Bonchev–Trinajstić information content (AvgIpc) is 2.74. The Morgan fingerprint density at radius 1 is 1.06 bits per heavy atom. The van der Waals surface area contributed by atoms with Gasteiger partial charge in [0.15, 0.2) is 0 Å². The molecule has 0 saturated heterocycles. The number of halogens is 1. The third-order valence-electron chi connectivity index (χ3n) is 2.90. The van der Waals surface area contributed by atoms with E-state index in [0.717, 1.165) is 22.6 Å². The zero-order valence-corrected chi connectivity index (χ0v) is 10.2. The van der Waals surface area contributed by atoms with Crippen LogP contribution in [0.2, 0.25) is 0 Å². The van der Waals surface area contributed by atoms with Gasteiger partial charge in [-0.2, -0.15) is 0 Å². The minimum atomic E-state index is -0.243. The number of imidazole rings is 1. The monoisotopic (exact) mass is 241 g/mol. The summed E-state index contributed by atoms with van der Waals surface area (Å²) in [5, 5.41) is 0. The summed E-state index contributed by atoms with van der Waals surface area (Å²) in [4.78, 5) is 8.84. The van der Waals surface area contributed by atoms with Crippen molar-refractivity contribution in [2.24, 2.45) is 0 Å². The Bertz CT molecular complexity index is 714. The predicted molar refractivity (Wildman–Crippen MR) is 67.9 cm³/mol. The Labute approximate surface area is 104 Å². The smallest absolute Gasteiger partial charge is 0.234 e. The molecule has 90 valence electrons. The Hall–Kier alpha value is -2.23. The van der Waals surface area contributed by atoms with Gasteiger partial charge in [-0.05, 0) is 44.2 Å². The lowest BCUT2D eigenvalue weighted by Crippen LogP contribution is -1.94. The molecule has 0 atom stereocenters. The van der Waals surface area contributed by atoms with Crippen LogP contribution in [0.4, 0.5) is 4.39 Å². The standard InChI is InChI=1S/C14H12FN3/c1-9-7-10(2)18-8-13(17-14(18)16-9)11-3-5-12(15)6-4-11/h3-8H,1-2H3. The third-order valence-corrected chi connectivity index (χ3v) is 2.90. The lowest BCUT2D eigenvalue weighted by Gasteiger charge is -1.98. The number of rotatable bonds is 1. The number of hydrogen-bond donors (Lipinski definition) is 0. The van der Waals surface area contributed by atoms with Crippen LogP contribution in [0, 0.1) is 19.7 Å². The summed E-state index contributed by atoms with van der Waals surface area (Å²) in [5.74, 6) is 0.430. The first-order valence-corrected chi connectivity index (χ1v) is 5.73. The lowest BCUT2D eigenvalue weighted by atomic mass is 10.2. The number of aryl methyl sites for hydroxylation is 2. The van der Waals surface area contributed by atoms with Crippen molar-refractivity contribution < 1.29 is 4.39 Å². The maximum absolute atomic E-state index is 12.9. The van der Waals surface area contributed by atoms with Crippen molar-refractivity contribution in [2.45, 2.75) is 13.8 Å². The molecule has 18 heavy (non-hydrogen) atoms. The second-order valence-electron chi connectivity index (χ2n) is 4.34. The van der Waals surface area contributed by atoms with Crippen molar-refractivity contribution in [3.63, 3.8) is 0 Å². The second kappa shape index (κ2) is 3.91. The van der Waals surface area contributed by atoms with Gasteiger partial charge in [-0.3, -0.25) is 4.40 Å². The molecule has 0 aliphatic rings. The molecule has 3 nitrogen and oxygen atoms in total. The molecular weight excluding hydrogens is 229 g/mol. The van der Waals surface area contributed by atoms with E-state index in [0.29, 0.717) is 5.78 Å². The summed E-state index contributed by atoms with van der Waals surface area (Å²) in [6.07, 6.45) is 1.92. The predicted octanol–water partition coefficient (Wildman–Crippen LogP) is 3.15. The average molecular weight is 241 g/mol. The van der Waals surface area contributed by atoms with Gasteiger partial charge in [0.05, 0.1) is 5.69 Å². The Balaban J connectivity index is 2.19. The summed E-state index contributed by atoms with van der Waals surface area (Å²) in [6.45, 7) is 3.96. The van der Waals surface area contributed by atoms with Gasteiger partial charge in [0.25, 0.3) is 0 Å². The first-order chi connectivity index (χ1) is 8.63. The second-order valence-corrected chi connectivity index (χ2v) is 4.34. The van der Waals surface area contributed by atoms with Crippen molar-refractivity contribution in [2.75, 3.05) is 0 Å². The highest BCUT2D eigenvalue weighted by Gasteiger charge is 2.07. The molecule has 2 aromatic heterocycles. The fraction of sp³-hybridized carbons (Fsp3) is 0.143. The molecular formula is C14H12FN3. The first kappa shape index (κ1) is 10.9. The molecule has 1 aromatic carbocycles. The van der Waals surface area contributed by atoms with E-state index in [-0.39, 0.29) is 5.82 Å². The summed E-state index contributed by atoms with van der Waals surface area (Å²) in [7, 11) is 0. The van der Waals surface area contributed by atoms with E-state index < -0.39 is 0 Å². The molecule has 0 aliphatic heterocycles. The summed E-state index contributed by atoms with van der Waals surface area (Å²) >= 11 is 0. The molecule has 3 rings (SSSR count). The van der Waals surface area contributed by atoms with Crippen LogP contribution in [-0.4, -0.2) is 14.4 Å². The maximum Gasteiger partial charge on any atom is 0.234 e. The van der Waals surface area contributed by atoms with Crippen LogP contribution in [0.3, 0.4) is 0 Å². The minimum Gasteiger partial charge on any atom is -0.288 e. The van der Waals surface area contributed by atoms with E-state index in [1.165, 1.54) is 12.1 Å². The van der Waals surface area contributed by atoms with Gasteiger partial charge in [-0.1, -0.05) is 0 Å². The number of nitrogens with zero attached hydrogens (tertiary/aromatic N) is 3. The molecule has 0 aliphatic carbocycles. The van der Waals surface area contributed by atoms with Crippen molar-refractivity contribution in [3.8, 4) is 11.3 Å². The Kier molecular flexibility index (Phi) is 2.37. The number of aromatic nitrogens is 3. The van der Waals surface area contributed by atoms with Crippen molar-refractivity contribution in [1.82, 2.24) is 14.4 Å². The van der Waals surface area contributed by atoms with Gasteiger partial charge in [-0.15, -0.1) is 0 Å². The molecule has 0 radical (unpaired) electrons. The van der Waals surface area contributed by atoms with Crippen LogP contribution in [0.25, 0.3) is 17.0 Å². The third kappa shape index (κ3) is 1.76. The summed E-state index contributed by atoms with van der Waals surface area (Å²) in [6, 6.07) is 8.32. The largest absolute Gasteiger partial charge is 0.288 e. The molecule has 0 spiro atoms. The lowest BCUT2D eigenvalue weighted by molar-refractivity contribution is 0.628. The summed E-state index contributed by atoms with van der Waals surface area (Å²) < 4.78 is 14.8. The zero-order chi connectivity index (χ0) is 12.7. The van der Waals surface area contributed by atoms with Gasteiger partial charge in [0.1, 0.15) is 5.82 Å². The van der Waals surface area contributed by atoms with Gasteiger partial charge >= 0.3 is 0 Å². The van der Waals surface area contributed by atoms with Crippen LogP contribution >= 0.6 is 0 Å². The van der Waals surface area contributed by atoms with E-state index >= 15 is 0 Å². The van der Waals surface area contributed by atoms with Crippen LogP contribution < -0.4 is 0 Å². The van der Waals surface area contributed by atoms with E-state index in [2.05, 4.69) is 9.97 Å². The molecule has 3 aromatic rings. The van der Waals surface area contributed by atoms with Gasteiger partial charge < -0.3 is 0 Å². The highest BCUT2D eigenvalue weighted by Crippen LogP contribution is 2.19. The van der Waals surface area contributed by atoms with Gasteiger partial charge in [-0.25, -0.2) is 14.4 Å². The number of hydrogen-bond acceptors (Lipinski definition) is 2. The highest BCUT2D eigenvalue weighted by atomic mass is 19.1. The van der Waals surface area contributed by atoms with Gasteiger partial charge in [0.2, 0.25) is 5.78 Å². The van der Waals surface area contributed by atoms with Crippen molar-refractivity contribution in [1.29, 1.82) is 0 Å². The first-order valence-electron chi connectivity index (χ1n) is 5.73. The molecule has 0 fully saturated rings. The minimum absolute atomic E-state index is 0.243. The maximum atomic E-state index is 12.9. The van der Waals surface area contributed by atoms with Crippen LogP contribution in [0.15, 0.2) is 36.5 Å². The summed E-state index contributed by atoms with van der Waals surface area (Å²) in [5.41, 5.74) is 3.71. The molecule has 0 unspecified atom stereocenters. The Morgan fingerprint density at radius 3 is 2.50 bits per heavy atom. The highest BCUT2D eigenvalue weighted by molar-refractivity contribution is 5.61. The van der Waals surface area contributed by atoms with Crippen LogP contribution in [0.5, 0.6) is 0 Å². The molecule has 0 bridgehead atoms. The number of benzene rings is 1. The fourth-order valence-electron chi connectivity index (χ4n) is 2.03. The quantitative estimate of drug-likeness (QED) is 0.655. The molecule has 0 saturated carbocycles. The topological polar surface area (TPSA) is 30.2 Å². The SMILES string of the molecule is Cc1cc(C)n2cc(-c3ccc(F)cc3)nc2n1. The van der Waals surface area contributed by atoms with Gasteiger partial charge in [0, 0.05) is 23.1 Å². The van der Waals surface area contributed by atoms with E-state index in [9.17, 15) is 4.39 Å². The number of fused-ring (bicyclic) bond motifs is 1. The molecule has 4 heteroatoms. The van der Waals surface area contributed by atoms with Crippen molar-refractivity contribution >= 4 is 5.78 Å².